The molecular weight excluding hydrogens is 268 g/mol. The SMILES string of the molecule is CCC.Cc1nc(NC2CNC2)nc2c1NC(=O)CN2C. The third kappa shape index (κ3) is 3.60. The van der Waals surface area contributed by atoms with Crippen molar-refractivity contribution in [2.24, 2.45) is 0 Å². The molecule has 0 aliphatic carbocycles. The number of nitrogens with zero attached hydrogens (tertiary/aromatic N) is 3. The van der Waals surface area contributed by atoms with E-state index in [1.54, 1.807) is 0 Å². The molecule has 2 aliphatic heterocycles. The molecule has 3 rings (SSSR count). The quantitative estimate of drug-likeness (QED) is 0.753. The Bertz CT molecular complexity index is 514. The molecular formula is C14H24N6O. The topological polar surface area (TPSA) is 82.2 Å². The molecule has 0 spiro atoms. The summed E-state index contributed by atoms with van der Waals surface area (Å²) < 4.78 is 0. The first-order valence-electron chi connectivity index (χ1n) is 7.42. The van der Waals surface area contributed by atoms with E-state index in [-0.39, 0.29) is 5.91 Å². The minimum absolute atomic E-state index is 0.0272. The third-order valence-electron chi connectivity index (χ3n) is 3.19. The zero-order valence-electron chi connectivity index (χ0n) is 13.2. The third-order valence-corrected chi connectivity index (χ3v) is 3.19. The van der Waals surface area contributed by atoms with Crippen LogP contribution >= 0.6 is 0 Å². The first-order chi connectivity index (χ1) is 10.0. The van der Waals surface area contributed by atoms with Crippen molar-refractivity contribution in [1.29, 1.82) is 0 Å². The number of carbonyl (C=O) groups excluding carboxylic acids is 1. The summed E-state index contributed by atoms with van der Waals surface area (Å²) in [7, 11) is 1.86. The molecule has 1 fully saturated rings. The Balaban J connectivity index is 0.000000497. The first kappa shape index (κ1) is 15.5. The highest BCUT2D eigenvalue weighted by Crippen LogP contribution is 2.29. The summed E-state index contributed by atoms with van der Waals surface area (Å²) in [5.41, 5.74) is 1.50. The minimum atomic E-state index is -0.0272. The number of anilines is 3. The summed E-state index contributed by atoms with van der Waals surface area (Å²) in [6, 6.07) is 0.394. The highest BCUT2D eigenvalue weighted by Gasteiger charge is 2.25. The molecule has 116 valence electrons. The standard InChI is InChI=1S/C11H16N6O.C3H8/c1-6-9-10(17(2)5-8(18)15-9)16-11(13-6)14-7-3-12-4-7;1-3-2/h7,12H,3-5H2,1-2H3,(H,15,18)(H,13,14,16);3H2,1-2H3. The lowest BCUT2D eigenvalue weighted by molar-refractivity contribution is -0.115. The second-order valence-corrected chi connectivity index (χ2v) is 5.44. The summed E-state index contributed by atoms with van der Waals surface area (Å²) in [6.45, 7) is 8.33. The zero-order valence-corrected chi connectivity index (χ0v) is 13.2. The van der Waals surface area contributed by atoms with Crippen molar-refractivity contribution in [3.05, 3.63) is 5.69 Å². The average Bonchev–Trinajstić information content (AvgIpc) is 2.36. The molecule has 21 heavy (non-hydrogen) atoms. The molecule has 0 aromatic carbocycles. The number of amides is 1. The van der Waals surface area contributed by atoms with Crippen LogP contribution in [0.2, 0.25) is 0 Å². The number of likely N-dealkylation sites (N-methyl/N-ethyl adjacent to an activating group) is 1. The predicted octanol–water partition coefficient (Wildman–Crippen LogP) is 0.973. The van der Waals surface area contributed by atoms with Gasteiger partial charge in [0.25, 0.3) is 0 Å². The summed E-state index contributed by atoms with van der Waals surface area (Å²) >= 11 is 0. The normalized spacial score (nSPS) is 17.1. The zero-order chi connectivity index (χ0) is 15.4. The van der Waals surface area contributed by atoms with Crippen LogP contribution in [0.25, 0.3) is 0 Å². The minimum Gasteiger partial charge on any atom is -0.349 e. The number of carbonyl (C=O) groups is 1. The van der Waals surface area contributed by atoms with E-state index in [4.69, 9.17) is 0 Å². The number of aromatic nitrogens is 2. The lowest BCUT2D eigenvalue weighted by Gasteiger charge is -2.30. The summed E-state index contributed by atoms with van der Waals surface area (Å²) in [6.07, 6.45) is 1.25. The number of hydrogen-bond acceptors (Lipinski definition) is 6. The molecule has 3 heterocycles. The van der Waals surface area contributed by atoms with Crippen molar-refractivity contribution in [3.8, 4) is 0 Å². The molecule has 0 atom stereocenters. The average molecular weight is 292 g/mol. The molecule has 1 aromatic rings. The smallest absolute Gasteiger partial charge is 0.244 e. The molecule has 1 amide bonds. The van der Waals surface area contributed by atoms with Gasteiger partial charge in [-0.2, -0.15) is 4.98 Å². The highest BCUT2D eigenvalue weighted by atomic mass is 16.2. The highest BCUT2D eigenvalue weighted by molar-refractivity contribution is 6.00. The van der Waals surface area contributed by atoms with Gasteiger partial charge in [0, 0.05) is 20.1 Å². The van der Waals surface area contributed by atoms with Crippen LogP contribution in [0.3, 0.4) is 0 Å². The number of hydrogen-bond donors (Lipinski definition) is 3. The number of aryl methyl sites for hydroxylation is 1. The second-order valence-electron chi connectivity index (χ2n) is 5.44. The van der Waals surface area contributed by atoms with E-state index in [1.165, 1.54) is 6.42 Å². The molecule has 7 nitrogen and oxygen atoms in total. The maximum Gasteiger partial charge on any atom is 0.244 e. The number of rotatable bonds is 2. The molecule has 2 aliphatic rings. The molecule has 3 N–H and O–H groups in total. The van der Waals surface area contributed by atoms with Crippen molar-refractivity contribution < 1.29 is 4.79 Å². The van der Waals surface area contributed by atoms with Crippen molar-refractivity contribution in [2.75, 3.05) is 42.2 Å². The fourth-order valence-electron chi connectivity index (χ4n) is 2.09. The lowest BCUT2D eigenvalue weighted by Crippen LogP contribution is -2.51. The van der Waals surface area contributed by atoms with Crippen molar-refractivity contribution in [1.82, 2.24) is 15.3 Å². The maximum atomic E-state index is 11.5. The van der Waals surface area contributed by atoms with Crippen LogP contribution in [-0.2, 0) is 4.79 Å². The van der Waals surface area contributed by atoms with E-state index in [1.807, 2.05) is 18.9 Å². The van der Waals surface area contributed by atoms with Crippen molar-refractivity contribution >= 4 is 23.4 Å². The van der Waals surface area contributed by atoms with Crippen LogP contribution in [0.1, 0.15) is 26.0 Å². The van der Waals surface area contributed by atoms with Crippen LogP contribution in [0.4, 0.5) is 17.5 Å². The Morgan fingerprint density at radius 2 is 2.00 bits per heavy atom. The second kappa shape index (κ2) is 6.71. The summed E-state index contributed by atoms with van der Waals surface area (Å²) in [5.74, 6) is 1.37. The van der Waals surface area contributed by atoms with Gasteiger partial charge in [-0.15, -0.1) is 0 Å². The van der Waals surface area contributed by atoms with Crippen LogP contribution < -0.4 is 20.9 Å². The Kier molecular flexibility index (Phi) is 4.95. The molecule has 0 saturated carbocycles. The van der Waals surface area contributed by atoms with Crippen molar-refractivity contribution in [3.63, 3.8) is 0 Å². The first-order valence-corrected chi connectivity index (χ1v) is 7.42. The van der Waals surface area contributed by atoms with E-state index in [0.717, 1.165) is 24.6 Å². The molecule has 1 saturated heterocycles. The van der Waals surface area contributed by atoms with Gasteiger partial charge < -0.3 is 20.9 Å². The van der Waals surface area contributed by atoms with Crippen LogP contribution in [0.5, 0.6) is 0 Å². The van der Waals surface area contributed by atoms with Gasteiger partial charge in [0.2, 0.25) is 11.9 Å². The predicted molar refractivity (Wildman–Crippen MR) is 84.9 cm³/mol. The fraction of sp³-hybridized carbons (Fsp3) is 0.643. The Labute approximate surface area is 125 Å². The molecule has 0 radical (unpaired) electrons. The van der Waals surface area contributed by atoms with Gasteiger partial charge in [-0.1, -0.05) is 20.3 Å². The van der Waals surface area contributed by atoms with Gasteiger partial charge in [0.1, 0.15) is 5.69 Å². The Hall–Kier alpha value is -1.89. The van der Waals surface area contributed by atoms with Crippen molar-refractivity contribution in [2.45, 2.75) is 33.2 Å². The lowest BCUT2D eigenvalue weighted by atomic mass is 10.2. The van der Waals surface area contributed by atoms with E-state index >= 15 is 0 Å². The largest absolute Gasteiger partial charge is 0.349 e. The molecule has 1 aromatic heterocycles. The van der Waals surface area contributed by atoms with Gasteiger partial charge >= 0.3 is 0 Å². The number of nitrogens with one attached hydrogen (secondary N) is 3. The van der Waals surface area contributed by atoms with Crippen LogP contribution in [0.15, 0.2) is 0 Å². The van der Waals surface area contributed by atoms with Gasteiger partial charge in [0.05, 0.1) is 18.3 Å². The Morgan fingerprint density at radius 1 is 1.33 bits per heavy atom. The fourth-order valence-corrected chi connectivity index (χ4v) is 2.09. The summed E-state index contributed by atoms with van der Waals surface area (Å²) in [5, 5.41) is 9.29. The van der Waals surface area contributed by atoms with E-state index < -0.39 is 0 Å². The van der Waals surface area contributed by atoms with E-state index in [9.17, 15) is 4.79 Å². The van der Waals surface area contributed by atoms with E-state index in [0.29, 0.717) is 24.2 Å². The van der Waals surface area contributed by atoms with E-state index in [2.05, 4.69) is 39.8 Å². The molecule has 0 bridgehead atoms. The Morgan fingerprint density at radius 3 is 2.57 bits per heavy atom. The maximum absolute atomic E-state index is 11.5. The van der Waals surface area contributed by atoms with Crippen LogP contribution in [0, 0.1) is 6.92 Å². The monoisotopic (exact) mass is 292 g/mol. The van der Waals surface area contributed by atoms with Gasteiger partial charge in [0.15, 0.2) is 5.82 Å². The van der Waals surface area contributed by atoms with Gasteiger partial charge in [-0.3, -0.25) is 4.79 Å². The molecule has 0 unspecified atom stereocenters. The summed E-state index contributed by atoms with van der Waals surface area (Å²) in [4.78, 5) is 22.2. The van der Waals surface area contributed by atoms with Crippen LogP contribution in [-0.4, -0.2) is 48.6 Å². The number of fused-ring (bicyclic) bond motifs is 1. The molecule has 7 heteroatoms. The van der Waals surface area contributed by atoms with Gasteiger partial charge in [-0.25, -0.2) is 4.98 Å². The van der Waals surface area contributed by atoms with Gasteiger partial charge in [-0.05, 0) is 6.92 Å².